The maximum atomic E-state index is 2.66. The molecule has 2 heteroatoms. The molecule has 1 unspecified atom stereocenters. The van der Waals surface area contributed by atoms with Gasteiger partial charge in [-0.3, -0.25) is 0 Å². The minimum Gasteiger partial charge on any atom is -0.321 e. The number of aromatic nitrogens is 2. The van der Waals surface area contributed by atoms with Gasteiger partial charge < -0.3 is 9.13 Å². The Bertz CT molecular complexity index is 1710. The molecule has 0 spiro atoms. The summed E-state index contributed by atoms with van der Waals surface area (Å²) in [6.45, 7) is 11.9. The van der Waals surface area contributed by atoms with Crippen molar-refractivity contribution in [3.05, 3.63) is 121 Å². The van der Waals surface area contributed by atoms with Crippen LogP contribution in [0, 0.1) is 19.8 Å². The molecule has 0 fully saturated rings. The highest BCUT2D eigenvalue weighted by molar-refractivity contribution is 5.98. The minimum atomic E-state index is -0.300. The number of unbranched alkanes of at least 4 members (excludes halogenated alkanes) is 5. The Balaban J connectivity index is 1.54. The summed E-state index contributed by atoms with van der Waals surface area (Å²) in [6, 6.07) is 40.3. The fourth-order valence-electron chi connectivity index (χ4n) is 7.71. The molecule has 2 nitrogen and oxygen atoms in total. The zero-order valence-corrected chi connectivity index (χ0v) is 27.3. The van der Waals surface area contributed by atoms with Gasteiger partial charge in [0.1, 0.15) is 5.66 Å². The number of benzene rings is 4. The third kappa shape index (κ3) is 5.40. The van der Waals surface area contributed by atoms with Gasteiger partial charge >= 0.3 is 0 Å². The molecule has 6 rings (SSSR count). The first-order valence-electron chi connectivity index (χ1n) is 16.8. The second kappa shape index (κ2) is 12.9. The number of hydrogen-bond acceptors (Lipinski definition) is 0. The minimum absolute atomic E-state index is 0.300. The molecule has 0 radical (unpaired) electrons. The molecule has 2 aromatic heterocycles. The molecule has 4 aromatic carbocycles. The molecular formula is C42H48N2. The molecule has 0 bridgehead atoms. The summed E-state index contributed by atoms with van der Waals surface area (Å²) in [6.07, 6.45) is 9.12. The average Bonchev–Trinajstić information content (AvgIpc) is 3.58. The van der Waals surface area contributed by atoms with E-state index in [2.05, 4.69) is 153 Å². The van der Waals surface area contributed by atoms with Crippen LogP contribution in [0.1, 0.15) is 77.1 Å². The topological polar surface area (TPSA) is 9.86 Å². The predicted octanol–water partition coefficient (Wildman–Crippen LogP) is 12.2. The van der Waals surface area contributed by atoms with Crippen LogP contribution in [0.15, 0.2) is 109 Å². The van der Waals surface area contributed by atoms with Crippen LogP contribution in [0.4, 0.5) is 0 Å². The molecule has 1 atom stereocenters. The van der Waals surface area contributed by atoms with E-state index in [1.165, 1.54) is 100 Å². The second-order valence-electron chi connectivity index (χ2n) is 13.0. The molecule has 0 amide bonds. The van der Waals surface area contributed by atoms with Gasteiger partial charge in [-0.1, -0.05) is 137 Å². The Kier molecular flexibility index (Phi) is 8.80. The Morgan fingerprint density at radius 1 is 0.568 bits per heavy atom. The summed E-state index contributed by atoms with van der Waals surface area (Å²) in [7, 11) is 0. The van der Waals surface area contributed by atoms with Crippen LogP contribution in [-0.2, 0) is 5.66 Å². The van der Waals surface area contributed by atoms with Gasteiger partial charge in [-0.15, -0.1) is 0 Å². The maximum Gasteiger partial charge on any atom is 0.121 e. The molecular weight excluding hydrogens is 532 g/mol. The fraction of sp³-hybridized carbons (Fsp3) is 0.333. The lowest BCUT2D eigenvalue weighted by Gasteiger charge is -2.42. The summed E-state index contributed by atoms with van der Waals surface area (Å²) >= 11 is 0. The van der Waals surface area contributed by atoms with Crippen LogP contribution in [0.3, 0.4) is 0 Å². The second-order valence-corrected chi connectivity index (χ2v) is 13.0. The smallest absolute Gasteiger partial charge is 0.121 e. The fourth-order valence-corrected chi connectivity index (χ4v) is 7.71. The Labute approximate surface area is 264 Å². The van der Waals surface area contributed by atoms with Crippen molar-refractivity contribution < 1.29 is 0 Å². The Morgan fingerprint density at radius 3 is 1.50 bits per heavy atom. The van der Waals surface area contributed by atoms with Crippen molar-refractivity contribution in [1.29, 1.82) is 0 Å². The van der Waals surface area contributed by atoms with E-state index >= 15 is 0 Å². The number of fused-ring (bicyclic) bond motifs is 2. The van der Waals surface area contributed by atoms with E-state index in [0.717, 1.165) is 0 Å². The van der Waals surface area contributed by atoms with Gasteiger partial charge in [0.15, 0.2) is 0 Å². The number of nitrogens with zero attached hydrogens (tertiary/aromatic N) is 2. The maximum absolute atomic E-state index is 2.66. The molecule has 0 aliphatic heterocycles. The highest BCUT2D eigenvalue weighted by atomic mass is 15.3. The van der Waals surface area contributed by atoms with Crippen molar-refractivity contribution in [3.8, 4) is 22.3 Å². The largest absolute Gasteiger partial charge is 0.321 e. The van der Waals surface area contributed by atoms with E-state index in [4.69, 9.17) is 0 Å². The van der Waals surface area contributed by atoms with Crippen LogP contribution >= 0.6 is 0 Å². The van der Waals surface area contributed by atoms with Crippen molar-refractivity contribution in [1.82, 2.24) is 9.13 Å². The third-order valence-electron chi connectivity index (χ3n) is 10.1. The first-order chi connectivity index (χ1) is 21.4. The summed E-state index contributed by atoms with van der Waals surface area (Å²) in [5, 5.41) is 2.65. The van der Waals surface area contributed by atoms with E-state index in [-0.39, 0.29) is 5.66 Å². The molecule has 226 valence electrons. The van der Waals surface area contributed by atoms with Gasteiger partial charge in [-0.2, -0.15) is 0 Å². The predicted molar refractivity (Wildman–Crippen MR) is 190 cm³/mol. The van der Waals surface area contributed by atoms with Crippen LogP contribution in [0.5, 0.6) is 0 Å². The van der Waals surface area contributed by atoms with Crippen molar-refractivity contribution >= 4 is 21.8 Å². The van der Waals surface area contributed by atoms with E-state index < -0.39 is 0 Å². The molecule has 2 heterocycles. The summed E-state index contributed by atoms with van der Waals surface area (Å²) < 4.78 is 5.33. The highest BCUT2D eigenvalue weighted by Gasteiger charge is 2.39. The van der Waals surface area contributed by atoms with Gasteiger partial charge in [0, 0.05) is 22.2 Å². The lowest BCUT2D eigenvalue weighted by Crippen LogP contribution is -2.45. The van der Waals surface area contributed by atoms with Gasteiger partial charge in [-0.05, 0) is 79.6 Å². The molecule has 0 aliphatic rings. The lowest BCUT2D eigenvalue weighted by atomic mass is 9.88. The normalized spacial score (nSPS) is 12.8. The summed E-state index contributed by atoms with van der Waals surface area (Å²) in [4.78, 5) is 0. The quantitative estimate of drug-likeness (QED) is 0.127. The average molecular weight is 581 g/mol. The van der Waals surface area contributed by atoms with E-state index in [9.17, 15) is 0 Å². The lowest BCUT2D eigenvalue weighted by molar-refractivity contribution is 0.155. The molecule has 0 aliphatic carbocycles. The van der Waals surface area contributed by atoms with Gasteiger partial charge in [0.25, 0.3) is 0 Å². The standard InChI is InChI=1S/C42H48N2/c1-6-7-8-9-10-13-20-31(2)42(5,43-32(3)29-38-36(25-18-27-40(38)43)34-21-14-11-15-22-34)44-33(4)30-39-37(26-19-28-41(39)44)35-23-16-12-17-24-35/h11-12,14-19,21-31H,6-10,13,20H2,1-5H3. The van der Waals surface area contributed by atoms with Crippen molar-refractivity contribution in [2.24, 2.45) is 5.92 Å². The molecule has 0 saturated heterocycles. The van der Waals surface area contributed by atoms with Gasteiger partial charge in [-0.25, -0.2) is 0 Å². The monoisotopic (exact) mass is 580 g/mol. The first kappa shape index (κ1) is 30.0. The van der Waals surface area contributed by atoms with Crippen LogP contribution < -0.4 is 0 Å². The molecule has 6 aromatic rings. The first-order valence-corrected chi connectivity index (χ1v) is 16.8. The van der Waals surface area contributed by atoms with Gasteiger partial charge in [0.05, 0.1) is 11.0 Å². The van der Waals surface area contributed by atoms with Crippen molar-refractivity contribution in [2.75, 3.05) is 0 Å². The molecule has 0 saturated carbocycles. The molecule has 44 heavy (non-hydrogen) atoms. The highest BCUT2D eigenvalue weighted by Crippen LogP contribution is 2.43. The SMILES string of the molecule is CCCCCCCCC(C)C(C)(n1c(C)cc2c(-c3ccccc3)cccc21)n1c(C)cc2c(-c3ccccc3)cccc21. The van der Waals surface area contributed by atoms with Crippen molar-refractivity contribution in [2.45, 2.75) is 85.2 Å². The van der Waals surface area contributed by atoms with Crippen molar-refractivity contribution in [3.63, 3.8) is 0 Å². The van der Waals surface area contributed by atoms with Crippen LogP contribution in [0.25, 0.3) is 44.1 Å². The third-order valence-corrected chi connectivity index (χ3v) is 10.1. The zero-order valence-electron chi connectivity index (χ0n) is 27.3. The number of hydrogen-bond donors (Lipinski definition) is 0. The van der Waals surface area contributed by atoms with E-state index in [1.54, 1.807) is 0 Å². The van der Waals surface area contributed by atoms with Crippen LogP contribution in [0.2, 0.25) is 0 Å². The number of aryl methyl sites for hydroxylation is 2. The molecule has 0 N–H and O–H groups in total. The Hall–Kier alpha value is -4.04. The van der Waals surface area contributed by atoms with E-state index in [0.29, 0.717) is 5.92 Å². The summed E-state index contributed by atoms with van der Waals surface area (Å²) in [5.41, 5.74) is 10.1. The van der Waals surface area contributed by atoms with Gasteiger partial charge in [0.2, 0.25) is 0 Å². The Morgan fingerprint density at radius 2 is 1.02 bits per heavy atom. The summed E-state index contributed by atoms with van der Waals surface area (Å²) in [5.74, 6) is 0.415. The zero-order chi connectivity index (χ0) is 30.7. The van der Waals surface area contributed by atoms with E-state index in [1.807, 2.05) is 0 Å². The number of rotatable bonds is 12. The van der Waals surface area contributed by atoms with Crippen LogP contribution in [-0.4, -0.2) is 9.13 Å².